The van der Waals surface area contributed by atoms with Gasteiger partial charge in [0.25, 0.3) is 0 Å². The van der Waals surface area contributed by atoms with Gasteiger partial charge in [0.05, 0.1) is 0 Å². The van der Waals surface area contributed by atoms with Gasteiger partial charge in [0, 0.05) is 52.4 Å². The van der Waals surface area contributed by atoms with E-state index in [1.54, 1.807) is 0 Å². The molecule has 1 aliphatic rings. The van der Waals surface area contributed by atoms with E-state index in [4.69, 9.17) is 11.5 Å². The smallest absolute Gasteiger partial charge is 0.0108 e. The van der Waals surface area contributed by atoms with Crippen LogP contribution < -0.4 is 22.1 Å². The Morgan fingerprint density at radius 3 is 2.27 bits per heavy atom. The highest BCUT2D eigenvalue weighted by Crippen LogP contribution is 1.88. The third-order valence-corrected chi connectivity index (χ3v) is 2.23. The Morgan fingerprint density at radius 1 is 1.20 bits per heavy atom. The van der Waals surface area contributed by atoms with Gasteiger partial charge in [-0.3, -0.25) is 4.90 Å². The van der Waals surface area contributed by atoms with Crippen molar-refractivity contribution in [2.24, 2.45) is 11.5 Å². The first-order valence-electron chi connectivity index (χ1n) is 5.89. The van der Waals surface area contributed by atoms with Crippen molar-refractivity contribution >= 4 is 0 Å². The molecule has 92 valence electrons. The van der Waals surface area contributed by atoms with Crippen LogP contribution in [0.5, 0.6) is 0 Å². The first-order chi connectivity index (χ1) is 7.35. The van der Waals surface area contributed by atoms with E-state index < -0.39 is 0 Å². The number of hydrogen-bond donors (Lipinski definition) is 4. The molecule has 1 rings (SSSR count). The molecule has 1 fully saturated rings. The number of hydrogen-bond acceptors (Lipinski definition) is 5. The molecule has 0 radical (unpaired) electrons. The summed E-state index contributed by atoms with van der Waals surface area (Å²) < 4.78 is 0. The van der Waals surface area contributed by atoms with Crippen molar-refractivity contribution in [3.05, 3.63) is 0 Å². The molecule has 1 heterocycles. The molecule has 0 aromatic heterocycles. The molecule has 0 aromatic rings. The molecule has 1 saturated heterocycles. The van der Waals surface area contributed by atoms with Crippen LogP contribution in [-0.2, 0) is 0 Å². The van der Waals surface area contributed by atoms with Gasteiger partial charge in [-0.15, -0.1) is 0 Å². The van der Waals surface area contributed by atoms with E-state index in [-0.39, 0.29) is 0 Å². The van der Waals surface area contributed by atoms with Crippen LogP contribution in [0.25, 0.3) is 0 Å². The zero-order valence-corrected chi connectivity index (χ0v) is 9.97. The van der Waals surface area contributed by atoms with Gasteiger partial charge in [-0.25, -0.2) is 0 Å². The molecule has 5 nitrogen and oxygen atoms in total. The summed E-state index contributed by atoms with van der Waals surface area (Å²) in [6.45, 7) is 11.2. The molecule has 0 spiro atoms. The maximum Gasteiger partial charge on any atom is 0.0108 e. The van der Waals surface area contributed by atoms with E-state index in [2.05, 4.69) is 22.5 Å². The highest BCUT2D eigenvalue weighted by Gasteiger charge is 2.06. The van der Waals surface area contributed by atoms with E-state index in [0.717, 1.165) is 58.9 Å². The minimum absolute atomic E-state index is 0.744. The highest BCUT2D eigenvalue weighted by molar-refractivity contribution is 4.66. The Balaban J connectivity index is 0.000000288. The lowest BCUT2D eigenvalue weighted by Gasteiger charge is -2.26. The zero-order valence-electron chi connectivity index (χ0n) is 9.97. The average Bonchev–Trinajstić information content (AvgIpc) is 2.29. The van der Waals surface area contributed by atoms with Crippen molar-refractivity contribution in [2.75, 3.05) is 58.9 Å². The maximum atomic E-state index is 5.40. The topological polar surface area (TPSA) is 79.3 Å². The van der Waals surface area contributed by atoms with Crippen LogP contribution in [0.15, 0.2) is 0 Å². The Kier molecular flexibility index (Phi) is 11.7. The quantitative estimate of drug-likeness (QED) is 0.417. The van der Waals surface area contributed by atoms with Gasteiger partial charge in [0.2, 0.25) is 0 Å². The Hall–Kier alpha value is -0.200. The second-order valence-electron chi connectivity index (χ2n) is 3.52. The molecular weight excluding hydrogens is 190 g/mol. The monoisotopic (exact) mass is 217 g/mol. The molecule has 0 unspecified atom stereocenters. The van der Waals surface area contributed by atoms with Crippen molar-refractivity contribution in [1.82, 2.24) is 15.5 Å². The Bertz CT molecular complexity index is 108. The van der Waals surface area contributed by atoms with Crippen LogP contribution in [0.1, 0.15) is 6.92 Å². The van der Waals surface area contributed by atoms with Gasteiger partial charge in [-0.1, -0.05) is 6.92 Å². The van der Waals surface area contributed by atoms with Crippen LogP contribution in [0.4, 0.5) is 0 Å². The van der Waals surface area contributed by atoms with Gasteiger partial charge in [0.15, 0.2) is 0 Å². The van der Waals surface area contributed by atoms with Gasteiger partial charge >= 0.3 is 0 Å². The molecule has 0 atom stereocenters. The lowest BCUT2D eigenvalue weighted by Crippen LogP contribution is -2.45. The van der Waals surface area contributed by atoms with Crippen LogP contribution in [-0.4, -0.2) is 63.8 Å². The summed E-state index contributed by atoms with van der Waals surface area (Å²) in [5.74, 6) is 0. The normalized spacial score (nSPS) is 17.0. The van der Waals surface area contributed by atoms with Crippen molar-refractivity contribution in [3.8, 4) is 0 Å². The average molecular weight is 217 g/mol. The van der Waals surface area contributed by atoms with Gasteiger partial charge in [-0.05, 0) is 6.54 Å². The zero-order chi connectivity index (χ0) is 11.4. The summed E-state index contributed by atoms with van der Waals surface area (Å²) in [5, 5.41) is 6.36. The molecular formula is C10H27N5. The van der Waals surface area contributed by atoms with Gasteiger partial charge in [0.1, 0.15) is 0 Å². The van der Waals surface area contributed by atoms with Crippen molar-refractivity contribution in [1.29, 1.82) is 0 Å². The van der Waals surface area contributed by atoms with Gasteiger partial charge < -0.3 is 22.1 Å². The minimum atomic E-state index is 0.744. The predicted octanol–water partition coefficient (Wildman–Crippen LogP) is -1.60. The fourth-order valence-corrected chi connectivity index (χ4v) is 1.40. The predicted molar refractivity (Wildman–Crippen MR) is 66.0 cm³/mol. The summed E-state index contributed by atoms with van der Waals surface area (Å²) in [4.78, 5) is 2.39. The van der Waals surface area contributed by atoms with E-state index in [1.165, 1.54) is 0 Å². The van der Waals surface area contributed by atoms with Crippen LogP contribution in [0, 0.1) is 0 Å². The van der Waals surface area contributed by atoms with E-state index in [1.807, 2.05) is 0 Å². The number of likely N-dealkylation sites (N-methyl/N-ethyl adjacent to an activating group) is 1. The number of nitrogens with zero attached hydrogens (tertiary/aromatic N) is 1. The minimum Gasteiger partial charge on any atom is -0.329 e. The Labute approximate surface area is 93.6 Å². The fraction of sp³-hybridized carbons (Fsp3) is 1.00. The Morgan fingerprint density at radius 2 is 1.87 bits per heavy atom. The molecule has 0 bridgehead atoms. The molecule has 0 aliphatic carbocycles. The first-order valence-corrected chi connectivity index (χ1v) is 5.89. The van der Waals surface area contributed by atoms with E-state index in [9.17, 15) is 0 Å². The summed E-state index contributed by atoms with van der Waals surface area (Å²) in [6, 6.07) is 0. The summed E-state index contributed by atoms with van der Waals surface area (Å²) in [6.07, 6.45) is 0. The lowest BCUT2D eigenvalue weighted by molar-refractivity contribution is 0.247. The summed E-state index contributed by atoms with van der Waals surface area (Å²) >= 11 is 0. The third kappa shape index (κ3) is 10.1. The molecule has 0 aromatic carbocycles. The van der Waals surface area contributed by atoms with E-state index in [0.29, 0.717) is 0 Å². The maximum absolute atomic E-state index is 5.40. The second-order valence-corrected chi connectivity index (χ2v) is 3.52. The van der Waals surface area contributed by atoms with Crippen LogP contribution >= 0.6 is 0 Å². The third-order valence-electron chi connectivity index (χ3n) is 2.23. The largest absolute Gasteiger partial charge is 0.329 e. The number of nitrogens with one attached hydrogen (secondary N) is 2. The number of rotatable bonds is 5. The summed E-state index contributed by atoms with van der Waals surface area (Å²) in [7, 11) is 0. The molecule has 6 N–H and O–H groups in total. The standard InChI is InChI=1S/C6H15N3.C4H12N2/c7-1-4-9-5-2-8-3-6-9;1-2-6-4-3-5/h8H,1-7H2;6H,2-5H2,1H3. The molecule has 15 heavy (non-hydrogen) atoms. The molecule has 0 amide bonds. The number of nitrogens with two attached hydrogens (primary N) is 2. The van der Waals surface area contributed by atoms with Crippen molar-refractivity contribution < 1.29 is 0 Å². The highest BCUT2D eigenvalue weighted by atomic mass is 15.2. The lowest BCUT2D eigenvalue weighted by atomic mass is 10.3. The molecule has 5 heteroatoms. The van der Waals surface area contributed by atoms with Crippen LogP contribution in [0.3, 0.4) is 0 Å². The van der Waals surface area contributed by atoms with E-state index >= 15 is 0 Å². The number of piperazine rings is 1. The molecule has 1 aliphatic heterocycles. The SMILES string of the molecule is CCNCCN.NCCN1CCNCC1. The first kappa shape index (κ1) is 14.8. The van der Waals surface area contributed by atoms with Crippen molar-refractivity contribution in [2.45, 2.75) is 6.92 Å². The second kappa shape index (κ2) is 11.9. The fourth-order valence-electron chi connectivity index (χ4n) is 1.40. The van der Waals surface area contributed by atoms with Crippen molar-refractivity contribution in [3.63, 3.8) is 0 Å². The summed E-state index contributed by atoms with van der Waals surface area (Å²) in [5.41, 5.74) is 10.5. The van der Waals surface area contributed by atoms with Crippen LogP contribution in [0.2, 0.25) is 0 Å². The van der Waals surface area contributed by atoms with Gasteiger partial charge in [-0.2, -0.15) is 0 Å². The molecule has 0 saturated carbocycles.